The Morgan fingerprint density at radius 2 is 1.91 bits per heavy atom. The highest BCUT2D eigenvalue weighted by atomic mass is 32.2. The van der Waals surface area contributed by atoms with Gasteiger partial charge in [-0.15, -0.1) is 0 Å². The molecule has 0 aliphatic carbocycles. The van der Waals surface area contributed by atoms with Crippen LogP contribution in [0.5, 0.6) is 11.5 Å². The fraction of sp³-hybridized carbons (Fsp3) is 0.167. The number of aromatic nitrogens is 2. The molecule has 33 heavy (non-hydrogen) atoms. The molecule has 0 saturated heterocycles. The van der Waals surface area contributed by atoms with Gasteiger partial charge in [0.1, 0.15) is 23.8 Å². The lowest BCUT2D eigenvalue weighted by Crippen LogP contribution is -2.13. The number of imidazole rings is 1. The number of ether oxygens (including phenoxy) is 1. The number of phenolic OH excluding ortho intramolecular Hbond substituents is 1. The number of phenols is 1. The van der Waals surface area contributed by atoms with Crippen LogP contribution in [-0.4, -0.2) is 34.6 Å². The van der Waals surface area contributed by atoms with Crippen molar-refractivity contribution in [3.63, 3.8) is 0 Å². The monoisotopic (exact) mass is 465 g/mol. The number of aromatic hydroxyl groups is 1. The zero-order valence-corrected chi connectivity index (χ0v) is 19.0. The number of carbonyl (C=O) groups is 1. The van der Waals surface area contributed by atoms with E-state index in [0.29, 0.717) is 11.3 Å². The molecule has 0 bridgehead atoms. The minimum Gasteiger partial charge on any atom is -0.506 e. The molecule has 0 aliphatic heterocycles. The molecule has 2 aromatic heterocycles. The van der Waals surface area contributed by atoms with Gasteiger partial charge in [0.25, 0.3) is 5.91 Å². The lowest BCUT2D eigenvalue weighted by atomic mass is 10.2. The third-order valence-electron chi connectivity index (χ3n) is 5.19. The van der Waals surface area contributed by atoms with Gasteiger partial charge in [-0.2, -0.15) is 0 Å². The minimum atomic E-state index is -3.47. The van der Waals surface area contributed by atoms with E-state index in [1.807, 2.05) is 35.9 Å². The summed E-state index contributed by atoms with van der Waals surface area (Å²) in [5.41, 5.74) is 3.08. The first-order valence-electron chi connectivity index (χ1n) is 10.3. The van der Waals surface area contributed by atoms with Gasteiger partial charge in [-0.1, -0.05) is 13.0 Å². The fourth-order valence-electron chi connectivity index (χ4n) is 3.30. The van der Waals surface area contributed by atoms with E-state index in [4.69, 9.17) is 4.74 Å². The molecule has 2 heterocycles. The molecule has 8 nitrogen and oxygen atoms in total. The molecule has 2 aromatic carbocycles. The Bertz CT molecular complexity index is 1430. The topological polar surface area (TPSA) is 110 Å². The number of hydrogen-bond donors (Lipinski definition) is 2. The van der Waals surface area contributed by atoms with Crippen LogP contribution >= 0.6 is 0 Å². The van der Waals surface area contributed by atoms with Gasteiger partial charge < -0.3 is 19.6 Å². The number of sulfone groups is 1. The maximum Gasteiger partial charge on any atom is 0.255 e. The average Bonchev–Trinajstić information content (AvgIpc) is 3.24. The summed E-state index contributed by atoms with van der Waals surface area (Å²) in [5.74, 6) is -0.222. The summed E-state index contributed by atoms with van der Waals surface area (Å²) in [6.07, 6.45) is 3.83. The molecule has 0 atom stereocenters. The predicted molar refractivity (Wildman–Crippen MR) is 124 cm³/mol. The van der Waals surface area contributed by atoms with Crippen molar-refractivity contribution in [3.8, 4) is 11.5 Å². The highest BCUT2D eigenvalue weighted by Gasteiger charge is 2.16. The Balaban J connectivity index is 1.43. The lowest BCUT2D eigenvalue weighted by Gasteiger charge is -2.10. The molecule has 4 aromatic rings. The van der Waals surface area contributed by atoms with Crippen molar-refractivity contribution in [3.05, 3.63) is 83.8 Å². The predicted octanol–water partition coefficient (Wildman–Crippen LogP) is 3.97. The molecule has 170 valence electrons. The summed E-state index contributed by atoms with van der Waals surface area (Å²) in [4.78, 5) is 17.2. The number of nitrogens with one attached hydrogen (secondary N) is 1. The minimum absolute atomic E-state index is 0.0250. The molecule has 1 amide bonds. The quantitative estimate of drug-likeness (QED) is 0.400. The SMILES string of the molecule is CCS(=O)(=O)c1ccc(O)c(NC(=O)c2ccc(OCc3cn4cccc(C)c4n3)cc2)c1. The Morgan fingerprint density at radius 3 is 2.61 bits per heavy atom. The number of rotatable bonds is 7. The van der Waals surface area contributed by atoms with Gasteiger partial charge in [0.15, 0.2) is 9.84 Å². The number of carbonyl (C=O) groups excluding carboxylic acids is 1. The van der Waals surface area contributed by atoms with Gasteiger partial charge >= 0.3 is 0 Å². The van der Waals surface area contributed by atoms with Crippen LogP contribution in [0.4, 0.5) is 5.69 Å². The van der Waals surface area contributed by atoms with Crippen LogP contribution in [0.3, 0.4) is 0 Å². The van der Waals surface area contributed by atoms with Crippen molar-refractivity contribution in [2.24, 2.45) is 0 Å². The Kier molecular flexibility index (Phi) is 6.06. The molecular formula is C24H23N3O5S. The first kappa shape index (κ1) is 22.3. The number of amides is 1. The number of hydrogen-bond acceptors (Lipinski definition) is 6. The molecule has 0 spiro atoms. The van der Waals surface area contributed by atoms with Gasteiger partial charge in [0.05, 0.1) is 22.0 Å². The molecule has 0 radical (unpaired) electrons. The molecule has 0 fully saturated rings. The van der Waals surface area contributed by atoms with Crippen molar-refractivity contribution >= 4 is 27.1 Å². The molecule has 0 unspecified atom stereocenters. The largest absolute Gasteiger partial charge is 0.506 e. The van der Waals surface area contributed by atoms with Crippen LogP contribution in [0, 0.1) is 6.92 Å². The van der Waals surface area contributed by atoms with Gasteiger partial charge in [-0.25, -0.2) is 13.4 Å². The van der Waals surface area contributed by atoms with Gasteiger partial charge in [0.2, 0.25) is 0 Å². The Morgan fingerprint density at radius 1 is 1.15 bits per heavy atom. The van der Waals surface area contributed by atoms with E-state index in [1.165, 1.54) is 25.1 Å². The number of benzene rings is 2. The summed E-state index contributed by atoms with van der Waals surface area (Å²) < 4.78 is 31.9. The van der Waals surface area contributed by atoms with E-state index >= 15 is 0 Å². The number of aryl methyl sites for hydroxylation is 1. The maximum atomic E-state index is 12.6. The smallest absolute Gasteiger partial charge is 0.255 e. The zero-order chi connectivity index (χ0) is 23.6. The van der Waals surface area contributed by atoms with E-state index in [9.17, 15) is 18.3 Å². The highest BCUT2D eigenvalue weighted by Crippen LogP contribution is 2.27. The maximum absolute atomic E-state index is 12.6. The first-order chi connectivity index (χ1) is 15.8. The molecular weight excluding hydrogens is 442 g/mol. The number of fused-ring (bicyclic) bond motifs is 1. The van der Waals surface area contributed by atoms with E-state index in [0.717, 1.165) is 16.9 Å². The first-order valence-corrected chi connectivity index (χ1v) is 12.0. The van der Waals surface area contributed by atoms with Gasteiger partial charge in [-0.3, -0.25) is 4.79 Å². The normalized spacial score (nSPS) is 11.5. The third kappa shape index (κ3) is 4.83. The zero-order valence-electron chi connectivity index (χ0n) is 18.1. The van der Waals surface area contributed by atoms with Crippen LogP contribution in [0.15, 0.2) is 71.9 Å². The van der Waals surface area contributed by atoms with E-state index < -0.39 is 15.7 Å². The second-order valence-electron chi connectivity index (χ2n) is 7.50. The molecule has 4 rings (SSSR count). The van der Waals surface area contributed by atoms with Crippen molar-refractivity contribution < 1.29 is 23.1 Å². The van der Waals surface area contributed by atoms with Crippen molar-refractivity contribution in [1.82, 2.24) is 9.38 Å². The fourth-order valence-corrected chi connectivity index (χ4v) is 4.21. The summed E-state index contributed by atoms with van der Waals surface area (Å²) >= 11 is 0. The summed E-state index contributed by atoms with van der Waals surface area (Å²) in [6.45, 7) is 3.80. The molecule has 0 aliphatic rings. The Hall–Kier alpha value is -3.85. The van der Waals surface area contributed by atoms with Crippen molar-refractivity contribution in [2.75, 3.05) is 11.1 Å². The van der Waals surface area contributed by atoms with E-state index in [1.54, 1.807) is 24.3 Å². The molecule has 0 saturated carbocycles. The average molecular weight is 466 g/mol. The number of pyridine rings is 1. The van der Waals surface area contributed by atoms with Crippen molar-refractivity contribution in [2.45, 2.75) is 25.3 Å². The van der Waals surface area contributed by atoms with Gasteiger partial charge in [0, 0.05) is 18.0 Å². The molecule has 2 N–H and O–H groups in total. The van der Waals surface area contributed by atoms with Gasteiger partial charge in [-0.05, 0) is 61.0 Å². The summed E-state index contributed by atoms with van der Waals surface area (Å²) in [7, 11) is -3.47. The highest BCUT2D eigenvalue weighted by molar-refractivity contribution is 7.91. The third-order valence-corrected chi connectivity index (χ3v) is 6.92. The summed E-state index contributed by atoms with van der Waals surface area (Å²) in [5, 5.41) is 12.6. The van der Waals surface area contributed by atoms with Crippen LogP contribution in [0.2, 0.25) is 0 Å². The second kappa shape index (κ2) is 8.95. The number of anilines is 1. The van der Waals surface area contributed by atoms with E-state index in [2.05, 4.69) is 10.3 Å². The number of nitrogens with zero attached hydrogens (tertiary/aromatic N) is 2. The second-order valence-corrected chi connectivity index (χ2v) is 9.78. The van der Waals surface area contributed by atoms with Crippen LogP contribution in [0.25, 0.3) is 5.65 Å². The lowest BCUT2D eigenvalue weighted by molar-refractivity contribution is 0.102. The van der Waals surface area contributed by atoms with E-state index in [-0.39, 0.29) is 28.7 Å². The Labute approximate surface area is 191 Å². The standard InChI is InChI=1S/C24H23N3O5S/c1-3-33(30,31)20-10-11-22(28)21(13-20)26-24(29)17-6-8-19(9-7-17)32-15-18-14-27-12-4-5-16(2)23(27)25-18/h4-14,28H,3,15H2,1-2H3,(H,26,29). The van der Waals surface area contributed by atoms with Crippen LogP contribution in [0.1, 0.15) is 28.5 Å². The van der Waals surface area contributed by atoms with Crippen LogP contribution < -0.4 is 10.1 Å². The van der Waals surface area contributed by atoms with Crippen LogP contribution in [-0.2, 0) is 16.4 Å². The van der Waals surface area contributed by atoms with Crippen molar-refractivity contribution in [1.29, 1.82) is 0 Å². The molecule has 9 heteroatoms. The summed E-state index contributed by atoms with van der Waals surface area (Å²) in [6, 6.07) is 14.2.